The Kier molecular flexibility index (Phi) is 3.52. The minimum absolute atomic E-state index is 0.427. The van der Waals surface area contributed by atoms with Crippen molar-refractivity contribution < 1.29 is 4.79 Å². The molecule has 3 aromatic rings. The van der Waals surface area contributed by atoms with Gasteiger partial charge in [0, 0.05) is 0 Å². The Morgan fingerprint density at radius 1 is 0.810 bits per heavy atom. The van der Waals surface area contributed by atoms with Crippen LogP contribution in [0.3, 0.4) is 0 Å². The van der Waals surface area contributed by atoms with Crippen LogP contribution in [0.15, 0.2) is 72.8 Å². The number of primary amides is 1. The second-order valence-corrected chi connectivity index (χ2v) is 6.14. The summed E-state index contributed by atoms with van der Waals surface area (Å²) in [6.07, 6.45) is 0. The van der Waals surface area contributed by atoms with Gasteiger partial charge < -0.3 is 5.73 Å². The highest BCUT2D eigenvalue weighted by atomic mass is 79.9. The van der Waals surface area contributed by atoms with Gasteiger partial charge in [0.15, 0.2) is 4.32 Å². The first kappa shape index (κ1) is 13.8. The topological polar surface area (TPSA) is 43.1 Å². The van der Waals surface area contributed by atoms with Crippen LogP contribution < -0.4 is 5.73 Å². The number of amides is 1. The maximum absolute atomic E-state index is 12.1. The van der Waals surface area contributed by atoms with Gasteiger partial charge in [0.2, 0.25) is 5.91 Å². The van der Waals surface area contributed by atoms with Crippen LogP contribution in [-0.4, -0.2) is 5.91 Å². The first-order valence-corrected chi connectivity index (χ1v) is 7.45. The van der Waals surface area contributed by atoms with Gasteiger partial charge in [0.25, 0.3) is 0 Å². The van der Waals surface area contributed by atoms with Crippen LogP contribution in [0.2, 0.25) is 0 Å². The molecule has 3 aromatic carbocycles. The Labute approximate surface area is 131 Å². The molecule has 3 heteroatoms. The highest BCUT2D eigenvalue weighted by molar-refractivity contribution is 9.10. The molecular weight excluding hydrogens is 326 g/mol. The minimum Gasteiger partial charge on any atom is -0.368 e. The maximum atomic E-state index is 12.1. The molecule has 0 radical (unpaired) electrons. The smallest absolute Gasteiger partial charge is 0.243 e. The Balaban J connectivity index is 2.22. The van der Waals surface area contributed by atoms with Gasteiger partial charge in [-0.1, -0.05) is 82.7 Å². The van der Waals surface area contributed by atoms with Gasteiger partial charge in [0.05, 0.1) is 0 Å². The van der Waals surface area contributed by atoms with E-state index in [2.05, 4.69) is 15.9 Å². The van der Waals surface area contributed by atoms with E-state index in [4.69, 9.17) is 5.73 Å². The van der Waals surface area contributed by atoms with E-state index in [1.54, 1.807) is 0 Å². The van der Waals surface area contributed by atoms with Crippen LogP contribution in [0.4, 0.5) is 0 Å². The number of carbonyl (C=O) groups excluding carboxylic acids is 1. The number of hydrogen-bond donors (Lipinski definition) is 1. The fourth-order valence-electron chi connectivity index (χ4n) is 2.52. The number of benzene rings is 3. The summed E-state index contributed by atoms with van der Waals surface area (Å²) in [5.41, 5.74) is 7.35. The van der Waals surface area contributed by atoms with Crippen LogP contribution in [0.1, 0.15) is 11.1 Å². The molecule has 3 rings (SSSR count). The van der Waals surface area contributed by atoms with Gasteiger partial charge in [-0.05, 0) is 28.0 Å². The third-order valence-corrected chi connectivity index (χ3v) is 4.96. The number of fused-ring (bicyclic) bond motifs is 1. The summed E-state index contributed by atoms with van der Waals surface area (Å²) < 4.78 is -1.02. The number of nitrogens with two attached hydrogens (primary N) is 1. The normalized spacial score (nSPS) is 13.8. The zero-order chi connectivity index (χ0) is 14.9. The van der Waals surface area contributed by atoms with Crippen LogP contribution in [0.25, 0.3) is 10.8 Å². The summed E-state index contributed by atoms with van der Waals surface area (Å²) in [6.45, 7) is 0. The van der Waals surface area contributed by atoms with E-state index < -0.39 is 10.2 Å². The summed E-state index contributed by atoms with van der Waals surface area (Å²) in [6, 6.07) is 23.5. The minimum atomic E-state index is -1.02. The zero-order valence-corrected chi connectivity index (χ0v) is 12.9. The molecule has 0 aromatic heterocycles. The molecule has 1 amide bonds. The standard InChI is InChI=1S/C18H14BrNO/c19-18(17(20)21,15-8-2-1-3-9-15)16-11-10-13-6-4-5-7-14(13)12-16/h1-12H,(H2,20,21). The largest absolute Gasteiger partial charge is 0.368 e. The molecule has 0 aliphatic carbocycles. The average Bonchev–Trinajstić information content (AvgIpc) is 2.54. The number of alkyl halides is 1. The molecule has 1 atom stereocenters. The first-order chi connectivity index (χ1) is 10.1. The molecule has 1 unspecified atom stereocenters. The van der Waals surface area contributed by atoms with E-state index in [1.807, 2.05) is 72.8 Å². The lowest BCUT2D eigenvalue weighted by Gasteiger charge is -2.25. The number of carbonyl (C=O) groups is 1. The van der Waals surface area contributed by atoms with Crippen LogP contribution >= 0.6 is 15.9 Å². The molecule has 0 heterocycles. The summed E-state index contributed by atoms with van der Waals surface area (Å²) >= 11 is 3.58. The van der Waals surface area contributed by atoms with E-state index in [0.29, 0.717) is 0 Å². The molecule has 0 spiro atoms. The van der Waals surface area contributed by atoms with E-state index in [-0.39, 0.29) is 0 Å². The van der Waals surface area contributed by atoms with Gasteiger partial charge in [-0.25, -0.2) is 0 Å². The van der Waals surface area contributed by atoms with Crippen molar-refractivity contribution >= 4 is 32.6 Å². The molecule has 0 aliphatic heterocycles. The molecular formula is C18H14BrNO. The first-order valence-electron chi connectivity index (χ1n) is 6.66. The molecule has 104 valence electrons. The van der Waals surface area contributed by atoms with Crippen molar-refractivity contribution in [1.82, 2.24) is 0 Å². The molecule has 2 N–H and O–H groups in total. The Bertz CT molecular complexity index is 800. The maximum Gasteiger partial charge on any atom is 0.243 e. The fraction of sp³-hybridized carbons (Fsp3) is 0.0556. The lowest BCUT2D eigenvalue weighted by Crippen LogP contribution is -2.36. The monoisotopic (exact) mass is 339 g/mol. The van der Waals surface area contributed by atoms with Crippen molar-refractivity contribution in [2.75, 3.05) is 0 Å². The average molecular weight is 340 g/mol. The Morgan fingerprint density at radius 3 is 2.10 bits per heavy atom. The van der Waals surface area contributed by atoms with E-state index in [1.165, 1.54) is 0 Å². The molecule has 0 bridgehead atoms. The van der Waals surface area contributed by atoms with Crippen LogP contribution in [0.5, 0.6) is 0 Å². The molecule has 0 fully saturated rings. The zero-order valence-electron chi connectivity index (χ0n) is 11.3. The van der Waals surface area contributed by atoms with Gasteiger partial charge in [0.1, 0.15) is 0 Å². The molecule has 0 saturated carbocycles. The lowest BCUT2D eigenvalue weighted by atomic mass is 9.89. The van der Waals surface area contributed by atoms with Crippen molar-refractivity contribution in [3.8, 4) is 0 Å². The third-order valence-electron chi connectivity index (χ3n) is 3.66. The molecule has 0 saturated heterocycles. The SMILES string of the molecule is NC(=O)C(Br)(c1ccccc1)c1ccc2ccccc2c1. The van der Waals surface area contributed by atoms with E-state index in [9.17, 15) is 4.79 Å². The van der Waals surface area contributed by atoms with E-state index in [0.717, 1.165) is 21.9 Å². The summed E-state index contributed by atoms with van der Waals surface area (Å²) in [5, 5.41) is 2.21. The van der Waals surface area contributed by atoms with Crippen molar-refractivity contribution in [3.05, 3.63) is 83.9 Å². The molecule has 2 nitrogen and oxygen atoms in total. The van der Waals surface area contributed by atoms with Gasteiger partial charge in [-0.3, -0.25) is 4.79 Å². The van der Waals surface area contributed by atoms with Crippen LogP contribution in [-0.2, 0) is 9.12 Å². The van der Waals surface area contributed by atoms with Gasteiger partial charge in [-0.2, -0.15) is 0 Å². The fourth-order valence-corrected chi connectivity index (χ4v) is 3.03. The van der Waals surface area contributed by atoms with Crippen molar-refractivity contribution in [2.24, 2.45) is 5.73 Å². The van der Waals surface area contributed by atoms with Crippen LogP contribution in [0, 0.1) is 0 Å². The van der Waals surface area contributed by atoms with Crippen molar-refractivity contribution in [2.45, 2.75) is 4.32 Å². The predicted molar refractivity (Wildman–Crippen MR) is 89.3 cm³/mol. The Morgan fingerprint density at radius 2 is 1.43 bits per heavy atom. The summed E-state index contributed by atoms with van der Waals surface area (Å²) in [4.78, 5) is 12.1. The second kappa shape index (κ2) is 5.34. The summed E-state index contributed by atoms with van der Waals surface area (Å²) in [5.74, 6) is -0.427. The number of hydrogen-bond acceptors (Lipinski definition) is 1. The highest BCUT2D eigenvalue weighted by Gasteiger charge is 2.37. The van der Waals surface area contributed by atoms with Crippen molar-refractivity contribution in [1.29, 1.82) is 0 Å². The predicted octanol–water partition coefficient (Wildman–Crippen LogP) is 3.96. The van der Waals surface area contributed by atoms with Crippen molar-refractivity contribution in [3.63, 3.8) is 0 Å². The van der Waals surface area contributed by atoms with E-state index >= 15 is 0 Å². The molecule has 0 aliphatic rings. The second-order valence-electron chi connectivity index (χ2n) is 4.95. The highest BCUT2D eigenvalue weighted by Crippen LogP contribution is 2.39. The lowest BCUT2D eigenvalue weighted by molar-refractivity contribution is -0.119. The van der Waals surface area contributed by atoms with Gasteiger partial charge >= 0.3 is 0 Å². The number of halogens is 1. The number of rotatable bonds is 3. The third kappa shape index (κ3) is 2.34. The Hall–Kier alpha value is -2.13. The quantitative estimate of drug-likeness (QED) is 0.721. The molecule has 21 heavy (non-hydrogen) atoms. The summed E-state index contributed by atoms with van der Waals surface area (Å²) in [7, 11) is 0. The van der Waals surface area contributed by atoms with Gasteiger partial charge in [-0.15, -0.1) is 0 Å².